The quantitative estimate of drug-likeness (QED) is 0.669. The molecular formula is C10H7O3S-. The maximum atomic E-state index is 11.6. The number of ether oxygens (including phenoxy) is 1. The van der Waals surface area contributed by atoms with Gasteiger partial charge in [-0.05, 0) is 11.5 Å². The summed E-state index contributed by atoms with van der Waals surface area (Å²) in [7, 11) is 1.27. The Morgan fingerprint density at radius 3 is 2.79 bits per heavy atom. The Balaban J connectivity index is 2.68. The van der Waals surface area contributed by atoms with Crippen molar-refractivity contribution < 1.29 is 14.6 Å². The Morgan fingerprint density at radius 2 is 2.14 bits per heavy atom. The Labute approximate surface area is 84.6 Å². The summed E-state index contributed by atoms with van der Waals surface area (Å²) in [5.74, 6) is -0.798. The number of methoxy groups -OCH3 is 1. The van der Waals surface area contributed by atoms with Crippen molar-refractivity contribution in [1.29, 1.82) is 0 Å². The van der Waals surface area contributed by atoms with Gasteiger partial charge < -0.3 is 9.84 Å². The van der Waals surface area contributed by atoms with Crippen LogP contribution < -0.4 is 5.11 Å². The van der Waals surface area contributed by atoms with Crippen molar-refractivity contribution in [1.82, 2.24) is 0 Å². The molecule has 1 heterocycles. The molecule has 0 radical (unpaired) electrons. The lowest BCUT2D eigenvalue weighted by atomic mass is 10.2. The predicted molar refractivity (Wildman–Crippen MR) is 52.6 cm³/mol. The molecule has 0 saturated heterocycles. The summed E-state index contributed by atoms with van der Waals surface area (Å²) in [6, 6.07) is 7.13. The molecule has 1 aromatic carbocycles. The summed E-state index contributed by atoms with van der Waals surface area (Å²) in [4.78, 5) is 11.3. The molecule has 0 bridgehead atoms. The lowest BCUT2D eigenvalue weighted by molar-refractivity contribution is -0.265. The molecule has 0 aliphatic heterocycles. The molecule has 0 atom stereocenters. The molecule has 0 fully saturated rings. The third-order valence-corrected chi connectivity index (χ3v) is 3.05. The fourth-order valence-electron chi connectivity index (χ4n) is 1.25. The first-order valence-corrected chi connectivity index (χ1v) is 4.82. The maximum absolute atomic E-state index is 11.6. The Hall–Kier alpha value is -1.55. The van der Waals surface area contributed by atoms with Crippen molar-refractivity contribution >= 4 is 27.4 Å². The number of carbonyl (C=O) groups excluding carboxylic acids is 1. The molecule has 1 aromatic heterocycles. The highest BCUT2D eigenvalue weighted by atomic mass is 32.1. The van der Waals surface area contributed by atoms with Crippen LogP contribution in [0.4, 0.5) is 0 Å². The molecule has 0 amide bonds. The van der Waals surface area contributed by atoms with Gasteiger partial charge in [-0.25, -0.2) is 4.79 Å². The molecule has 0 N–H and O–H groups in total. The average molecular weight is 207 g/mol. The van der Waals surface area contributed by atoms with Crippen LogP contribution in [-0.2, 0) is 4.74 Å². The Bertz CT molecular complexity index is 487. The number of hydrogen-bond acceptors (Lipinski definition) is 4. The lowest BCUT2D eigenvalue weighted by Crippen LogP contribution is -2.02. The van der Waals surface area contributed by atoms with Gasteiger partial charge >= 0.3 is 5.97 Å². The van der Waals surface area contributed by atoms with Gasteiger partial charge in [0.2, 0.25) is 0 Å². The van der Waals surface area contributed by atoms with Crippen molar-refractivity contribution in [3.05, 3.63) is 29.1 Å². The summed E-state index contributed by atoms with van der Waals surface area (Å²) in [6.07, 6.45) is 0. The standard InChI is InChI=1S/C10H8O3S/c1-13-10(12)9-8(11)6-4-2-3-5-7(6)14-9/h2-5,11H,1H3/p-1. The summed E-state index contributed by atoms with van der Waals surface area (Å²) in [5, 5.41) is 12.2. The average Bonchev–Trinajstić information content (AvgIpc) is 2.56. The molecule has 0 saturated carbocycles. The zero-order valence-corrected chi connectivity index (χ0v) is 8.26. The summed E-state index contributed by atoms with van der Waals surface area (Å²) in [5.41, 5.74) is 0. The second kappa shape index (κ2) is 3.31. The number of benzene rings is 1. The Morgan fingerprint density at radius 1 is 1.43 bits per heavy atom. The van der Waals surface area contributed by atoms with Crippen LogP contribution in [0.1, 0.15) is 9.67 Å². The Kier molecular flexibility index (Phi) is 2.13. The molecule has 72 valence electrons. The van der Waals surface area contributed by atoms with E-state index in [-0.39, 0.29) is 10.6 Å². The van der Waals surface area contributed by atoms with Gasteiger partial charge in [-0.2, -0.15) is 0 Å². The minimum absolute atomic E-state index is 0.147. The van der Waals surface area contributed by atoms with Crippen LogP contribution in [-0.4, -0.2) is 13.1 Å². The highest BCUT2D eigenvalue weighted by molar-refractivity contribution is 7.21. The van der Waals surface area contributed by atoms with Crippen molar-refractivity contribution in [3.8, 4) is 5.75 Å². The number of esters is 1. The van der Waals surface area contributed by atoms with Crippen LogP contribution in [0.15, 0.2) is 24.3 Å². The molecule has 0 aliphatic carbocycles. The smallest absolute Gasteiger partial charge is 0.347 e. The van der Waals surface area contributed by atoms with Crippen molar-refractivity contribution in [3.63, 3.8) is 0 Å². The molecule has 2 aromatic rings. The van der Waals surface area contributed by atoms with Crippen LogP contribution in [0.25, 0.3) is 10.1 Å². The van der Waals surface area contributed by atoms with E-state index in [1.807, 2.05) is 12.1 Å². The van der Waals surface area contributed by atoms with Gasteiger partial charge in [0, 0.05) is 4.70 Å². The van der Waals surface area contributed by atoms with E-state index in [4.69, 9.17) is 0 Å². The van der Waals surface area contributed by atoms with Gasteiger partial charge in [-0.1, -0.05) is 23.9 Å². The van der Waals surface area contributed by atoms with E-state index in [1.165, 1.54) is 18.4 Å². The molecule has 3 nitrogen and oxygen atoms in total. The van der Waals surface area contributed by atoms with E-state index in [0.29, 0.717) is 5.39 Å². The molecule has 0 aliphatic rings. The summed E-state index contributed by atoms with van der Waals surface area (Å²) in [6.45, 7) is 0. The summed E-state index contributed by atoms with van der Waals surface area (Å²) >= 11 is 1.17. The second-order valence-electron chi connectivity index (χ2n) is 2.75. The SMILES string of the molecule is COC(=O)c1sc2ccccc2c1[O-]. The van der Waals surface area contributed by atoms with Gasteiger partial charge in [0.15, 0.2) is 0 Å². The normalized spacial score (nSPS) is 10.4. The first-order chi connectivity index (χ1) is 6.74. The van der Waals surface area contributed by atoms with Crippen LogP contribution in [0.5, 0.6) is 5.75 Å². The maximum Gasteiger partial charge on any atom is 0.347 e. The molecule has 0 unspecified atom stereocenters. The van der Waals surface area contributed by atoms with E-state index < -0.39 is 5.97 Å². The number of fused-ring (bicyclic) bond motifs is 1. The number of hydrogen-bond donors (Lipinski definition) is 0. The topological polar surface area (TPSA) is 49.4 Å². The fourth-order valence-corrected chi connectivity index (χ4v) is 2.26. The molecule has 14 heavy (non-hydrogen) atoms. The van der Waals surface area contributed by atoms with Gasteiger partial charge in [-0.3, -0.25) is 0 Å². The highest BCUT2D eigenvalue weighted by Gasteiger charge is 2.11. The highest BCUT2D eigenvalue weighted by Crippen LogP contribution is 2.34. The minimum atomic E-state index is -0.559. The van der Waals surface area contributed by atoms with Crippen LogP contribution in [0.3, 0.4) is 0 Å². The number of thiophene rings is 1. The monoisotopic (exact) mass is 207 g/mol. The van der Waals surface area contributed by atoms with Gasteiger partial charge in [-0.15, -0.1) is 11.3 Å². The third-order valence-electron chi connectivity index (χ3n) is 1.92. The van der Waals surface area contributed by atoms with Crippen LogP contribution >= 0.6 is 11.3 Å². The fraction of sp³-hybridized carbons (Fsp3) is 0.100. The number of carbonyl (C=O) groups is 1. The van der Waals surface area contributed by atoms with Gasteiger partial charge in [0.1, 0.15) is 4.88 Å². The van der Waals surface area contributed by atoms with E-state index >= 15 is 0 Å². The summed E-state index contributed by atoms with van der Waals surface area (Å²) < 4.78 is 5.34. The van der Waals surface area contributed by atoms with Crippen LogP contribution in [0, 0.1) is 0 Å². The first-order valence-electron chi connectivity index (χ1n) is 4.01. The van der Waals surface area contributed by atoms with Crippen molar-refractivity contribution in [2.45, 2.75) is 0 Å². The van der Waals surface area contributed by atoms with Gasteiger partial charge in [0.25, 0.3) is 0 Å². The molecule has 0 spiro atoms. The lowest BCUT2D eigenvalue weighted by Gasteiger charge is -2.05. The predicted octanol–water partition coefficient (Wildman–Crippen LogP) is 1.76. The minimum Gasteiger partial charge on any atom is -0.871 e. The van der Waals surface area contributed by atoms with Crippen molar-refractivity contribution in [2.75, 3.05) is 7.11 Å². The first kappa shape index (κ1) is 9.02. The molecular weight excluding hydrogens is 200 g/mol. The molecule has 4 heteroatoms. The van der Waals surface area contributed by atoms with Crippen LogP contribution in [0.2, 0.25) is 0 Å². The zero-order valence-electron chi connectivity index (χ0n) is 7.44. The largest absolute Gasteiger partial charge is 0.871 e. The second-order valence-corrected chi connectivity index (χ2v) is 3.80. The van der Waals surface area contributed by atoms with Gasteiger partial charge in [0.05, 0.1) is 7.11 Å². The van der Waals surface area contributed by atoms with E-state index in [9.17, 15) is 9.90 Å². The third kappa shape index (κ3) is 1.24. The van der Waals surface area contributed by atoms with E-state index in [1.54, 1.807) is 12.1 Å². The van der Waals surface area contributed by atoms with E-state index in [0.717, 1.165) is 4.70 Å². The number of rotatable bonds is 1. The van der Waals surface area contributed by atoms with Crippen molar-refractivity contribution in [2.24, 2.45) is 0 Å². The van der Waals surface area contributed by atoms with E-state index in [2.05, 4.69) is 4.74 Å². The molecule has 2 rings (SSSR count). The zero-order chi connectivity index (χ0) is 10.1.